The molecule has 0 saturated heterocycles. The Balaban J connectivity index is 1.56. The van der Waals surface area contributed by atoms with Crippen molar-refractivity contribution in [2.75, 3.05) is 5.32 Å². The molecule has 2 aromatic heterocycles. The van der Waals surface area contributed by atoms with Crippen molar-refractivity contribution in [3.63, 3.8) is 0 Å². The van der Waals surface area contributed by atoms with E-state index in [9.17, 15) is 4.79 Å². The maximum absolute atomic E-state index is 12.7. The third-order valence-electron chi connectivity index (χ3n) is 4.42. The molecule has 28 heavy (non-hydrogen) atoms. The van der Waals surface area contributed by atoms with Crippen LogP contribution in [-0.2, 0) is 6.54 Å². The van der Waals surface area contributed by atoms with Gasteiger partial charge < -0.3 is 10.3 Å². The van der Waals surface area contributed by atoms with E-state index < -0.39 is 0 Å². The zero-order valence-corrected chi connectivity index (χ0v) is 15.7. The summed E-state index contributed by atoms with van der Waals surface area (Å²) in [7, 11) is 0. The van der Waals surface area contributed by atoms with E-state index in [0.29, 0.717) is 17.8 Å². The number of anilines is 1. The molecule has 0 unspecified atom stereocenters. The first kappa shape index (κ1) is 17.7. The lowest BCUT2D eigenvalue weighted by Gasteiger charge is -2.09. The van der Waals surface area contributed by atoms with Gasteiger partial charge in [0.15, 0.2) is 0 Å². The average molecular weight is 372 g/mol. The highest BCUT2D eigenvalue weighted by Crippen LogP contribution is 2.21. The summed E-state index contributed by atoms with van der Waals surface area (Å²) in [6.45, 7) is 4.38. The van der Waals surface area contributed by atoms with Crippen LogP contribution in [0.3, 0.4) is 0 Å². The number of para-hydroxylation sites is 1. The van der Waals surface area contributed by atoms with Crippen LogP contribution in [0.25, 0.3) is 11.3 Å². The predicted molar refractivity (Wildman–Crippen MR) is 107 cm³/mol. The first-order chi connectivity index (χ1) is 13.6. The van der Waals surface area contributed by atoms with Gasteiger partial charge in [-0.1, -0.05) is 35.5 Å². The van der Waals surface area contributed by atoms with E-state index in [2.05, 4.69) is 25.6 Å². The number of amides is 1. The molecule has 0 radical (unpaired) electrons. The minimum absolute atomic E-state index is 0.149. The molecule has 0 aliphatic carbocycles. The second kappa shape index (κ2) is 7.48. The van der Waals surface area contributed by atoms with Gasteiger partial charge in [-0.25, -0.2) is 9.67 Å². The van der Waals surface area contributed by atoms with Crippen LogP contribution < -0.4 is 5.32 Å². The molecule has 0 aliphatic heterocycles. The summed E-state index contributed by atoms with van der Waals surface area (Å²) in [6, 6.07) is 15.1. The van der Waals surface area contributed by atoms with Crippen LogP contribution in [0, 0.1) is 13.8 Å². The molecule has 2 heterocycles. The third-order valence-corrected chi connectivity index (χ3v) is 4.42. The Labute approximate surface area is 162 Å². The van der Waals surface area contributed by atoms with Crippen LogP contribution >= 0.6 is 0 Å². The quantitative estimate of drug-likeness (QED) is 0.560. The van der Waals surface area contributed by atoms with Crippen LogP contribution in [0.4, 0.5) is 5.69 Å². The van der Waals surface area contributed by atoms with E-state index in [4.69, 9.17) is 0 Å². The van der Waals surface area contributed by atoms with E-state index in [0.717, 1.165) is 28.3 Å². The van der Waals surface area contributed by atoms with Gasteiger partial charge in [0.25, 0.3) is 5.91 Å². The zero-order chi connectivity index (χ0) is 19.5. The Hall–Kier alpha value is -3.74. The summed E-state index contributed by atoms with van der Waals surface area (Å²) >= 11 is 0. The predicted octanol–water partition coefficient (Wildman–Crippen LogP) is 3.59. The Bertz CT molecular complexity index is 1110. The standard InChI is InChI=1S/C21H20N6O/c1-14-8-9-16(10-18(14)21(28)24-17-6-4-3-5-7-17)19-12-27(26-25-19)13-20-22-11-15(2)23-20/h3-12H,13H2,1-2H3,(H,22,23)(H,24,28). The van der Waals surface area contributed by atoms with Gasteiger partial charge in [-0.05, 0) is 37.6 Å². The molecule has 2 N–H and O–H groups in total. The van der Waals surface area contributed by atoms with Crippen molar-refractivity contribution in [2.45, 2.75) is 20.4 Å². The van der Waals surface area contributed by atoms with Crippen LogP contribution in [-0.4, -0.2) is 30.9 Å². The lowest BCUT2D eigenvalue weighted by molar-refractivity contribution is 0.102. The SMILES string of the molecule is Cc1cnc(Cn2cc(-c3ccc(C)c(C(=O)Nc4ccccc4)c3)nn2)[nH]1. The van der Waals surface area contributed by atoms with Gasteiger partial charge >= 0.3 is 0 Å². The fourth-order valence-corrected chi connectivity index (χ4v) is 2.95. The maximum atomic E-state index is 12.7. The lowest BCUT2D eigenvalue weighted by atomic mass is 10.0. The van der Waals surface area contributed by atoms with Crippen molar-refractivity contribution in [1.29, 1.82) is 0 Å². The molecule has 0 bridgehead atoms. The highest BCUT2D eigenvalue weighted by molar-refractivity contribution is 6.05. The lowest BCUT2D eigenvalue weighted by Crippen LogP contribution is -2.13. The number of benzene rings is 2. The van der Waals surface area contributed by atoms with Gasteiger partial charge in [0, 0.05) is 28.7 Å². The zero-order valence-electron chi connectivity index (χ0n) is 15.7. The molecule has 7 heteroatoms. The van der Waals surface area contributed by atoms with Gasteiger partial charge in [0.2, 0.25) is 0 Å². The number of nitrogens with one attached hydrogen (secondary N) is 2. The molecule has 1 amide bonds. The van der Waals surface area contributed by atoms with Gasteiger partial charge in [-0.15, -0.1) is 5.10 Å². The Morgan fingerprint density at radius 1 is 1.14 bits per heavy atom. The van der Waals surface area contributed by atoms with Gasteiger partial charge in [0.1, 0.15) is 18.1 Å². The van der Waals surface area contributed by atoms with Gasteiger partial charge in [0.05, 0.1) is 6.20 Å². The number of hydrogen-bond acceptors (Lipinski definition) is 4. The molecule has 4 aromatic rings. The molecule has 0 atom stereocenters. The number of hydrogen-bond donors (Lipinski definition) is 2. The summed E-state index contributed by atoms with van der Waals surface area (Å²) < 4.78 is 1.72. The van der Waals surface area contributed by atoms with Crippen LogP contribution in [0.15, 0.2) is 60.9 Å². The fraction of sp³-hybridized carbons (Fsp3) is 0.143. The minimum atomic E-state index is -0.149. The summed E-state index contributed by atoms with van der Waals surface area (Å²) in [5.74, 6) is 0.671. The molecule has 2 aromatic carbocycles. The van der Waals surface area contributed by atoms with Crippen molar-refractivity contribution < 1.29 is 4.79 Å². The normalized spacial score (nSPS) is 10.8. The molecule has 0 aliphatic rings. The highest BCUT2D eigenvalue weighted by atomic mass is 16.1. The molecule has 4 rings (SSSR count). The number of H-pyrrole nitrogens is 1. The molecular weight excluding hydrogens is 352 g/mol. The molecule has 0 fully saturated rings. The van der Waals surface area contributed by atoms with Crippen molar-refractivity contribution in [1.82, 2.24) is 25.0 Å². The summed E-state index contributed by atoms with van der Waals surface area (Å²) in [5, 5.41) is 11.3. The van der Waals surface area contributed by atoms with E-state index in [1.807, 2.05) is 68.6 Å². The number of aromatic amines is 1. The first-order valence-electron chi connectivity index (χ1n) is 8.96. The van der Waals surface area contributed by atoms with Crippen molar-refractivity contribution >= 4 is 11.6 Å². The summed E-state index contributed by atoms with van der Waals surface area (Å²) in [6.07, 6.45) is 3.63. The van der Waals surface area contributed by atoms with E-state index >= 15 is 0 Å². The number of nitrogens with zero attached hydrogens (tertiary/aromatic N) is 4. The second-order valence-corrected chi connectivity index (χ2v) is 6.66. The Morgan fingerprint density at radius 3 is 2.71 bits per heavy atom. The van der Waals surface area contributed by atoms with E-state index in [1.165, 1.54) is 0 Å². The maximum Gasteiger partial charge on any atom is 0.255 e. The van der Waals surface area contributed by atoms with E-state index in [1.54, 1.807) is 10.9 Å². The first-order valence-corrected chi connectivity index (χ1v) is 8.96. The number of carbonyl (C=O) groups excluding carboxylic acids is 1. The summed E-state index contributed by atoms with van der Waals surface area (Å²) in [4.78, 5) is 20.2. The molecule has 7 nitrogen and oxygen atoms in total. The van der Waals surface area contributed by atoms with E-state index in [-0.39, 0.29) is 5.91 Å². The van der Waals surface area contributed by atoms with Gasteiger partial charge in [-0.3, -0.25) is 4.79 Å². The van der Waals surface area contributed by atoms with Crippen molar-refractivity contribution in [3.8, 4) is 11.3 Å². The van der Waals surface area contributed by atoms with Gasteiger partial charge in [-0.2, -0.15) is 0 Å². The molecule has 0 spiro atoms. The number of aromatic nitrogens is 5. The Morgan fingerprint density at radius 2 is 1.96 bits per heavy atom. The molecule has 140 valence electrons. The minimum Gasteiger partial charge on any atom is -0.345 e. The fourth-order valence-electron chi connectivity index (χ4n) is 2.95. The Kier molecular flexibility index (Phi) is 4.72. The number of carbonyl (C=O) groups is 1. The average Bonchev–Trinajstić information content (AvgIpc) is 3.32. The van der Waals surface area contributed by atoms with Crippen molar-refractivity contribution in [2.24, 2.45) is 0 Å². The highest BCUT2D eigenvalue weighted by Gasteiger charge is 2.13. The summed E-state index contributed by atoms with van der Waals surface area (Å²) in [5.41, 5.74) is 4.82. The smallest absolute Gasteiger partial charge is 0.255 e. The van der Waals surface area contributed by atoms with Crippen LogP contribution in [0.2, 0.25) is 0 Å². The monoisotopic (exact) mass is 372 g/mol. The third kappa shape index (κ3) is 3.83. The number of imidazole rings is 1. The number of rotatable bonds is 5. The second-order valence-electron chi connectivity index (χ2n) is 6.66. The molecule has 0 saturated carbocycles. The molecular formula is C21H20N6O. The van der Waals surface area contributed by atoms with Crippen molar-refractivity contribution in [3.05, 3.63) is 83.6 Å². The van der Waals surface area contributed by atoms with Crippen LogP contribution in [0.5, 0.6) is 0 Å². The van der Waals surface area contributed by atoms with Crippen LogP contribution in [0.1, 0.15) is 27.4 Å². The largest absolute Gasteiger partial charge is 0.345 e. The number of aryl methyl sites for hydroxylation is 2. The topological polar surface area (TPSA) is 88.5 Å².